The first-order valence-electron chi connectivity index (χ1n) is 8.75. The van der Waals surface area contributed by atoms with Gasteiger partial charge in [0, 0.05) is 20.1 Å². The van der Waals surface area contributed by atoms with Gasteiger partial charge < -0.3 is 0 Å². The van der Waals surface area contributed by atoms with Crippen molar-refractivity contribution in [2.24, 2.45) is 7.05 Å². The lowest BCUT2D eigenvalue weighted by atomic mass is 10.1. The van der Waals surface area contributed by atoms with E-state index in [9.17, 15) is 26.4 Å². The number of nitrogens with zero attached hydrogens (tertiary/aromatic N) is 4. The second kappa shape index (κ2) is 7.36. The molecule has 0 bridgehead atoms. The van der Waals surface area contributed by atoms with Crippen LogP contribution in [0.2, 0.25) is 0 Å². The van der Waals surface area contributed by atoms with Crippen molar-refractivity contribution in [1.29, 1.82) is 0 Å². The van der Waals surface area contributed by atoms with E-state index in [4.69, 9.17) is 0 Å². The van der Waals surface area contributed by atoms with Gasteiger partial charge >= 0.3 is 11.9 Å². The lowest BCUT2D eigenvalue weighted by Gasteiger charge is -2.30. The Morgan fingerprint density at radius 2 is 1.86 bits per heavy atom. The van der Waals surface area contributed by atoms with Crippen molar-refractivity contribution in [1.82, 2.24) is 18.7 Å². The fraction of sp³-hybridized carbons (Fsp3) is 0.529. The maximum absolute atomic E-state index is 12.9. The summed E-state index contributed by atoms with van der Waals surface area (Å²) >= 11 is 0. The third kappa shape index (κ3) is 4.14. The molecule has 0 radical (unpaired) electrons. The van der Waals surface area contributed by atoms with Gasteiger partial charge in [-0.15, -0.1) is 5.10 Å². The Morgan fingerprint density at radius 1 is 1.21 bits per heavy atom. The molecule has 2 aromatic rings. The highest BCUT2D eigenvalue weighted by Crippen LogP contribution is 2.28. The van der Waals surface area contributed by atoms with Crippen molar-refractivity contribution in [3.05, 3.63) is 51.7 Å². The third-order valence-electron chi connectivity index (χ3n) is 4.85. The molecule has 154 valence electrons. The van der Waals surface area contributed by atoms with Crippen molar-refractivity contribution in [2.75, 3.05) is 13.1 Å². The highest BCUT2D eigenvalue weighted by Gasteiger charge is 2.39. The lowest BCUT2D eigenvalue weighted by Crippen LogP contribution is -2.41. The fourth-order valence-corrected chi connectivity index (χ4v) is 4.96. The SMILES string of the molecule is Cc1cccc(CS(=O)(=O)N2CCC(n3nc(C(F)(F)F)n(C)c3=O)CC2)c1. The van der Waals surface area contributed by atoms with Crippen LogP contribution in [0, 0.1) is 6.92 Å². The second-order valence-corrected chi connectivity index (χ2v) is 8.95. The number of halogens is 3. The van der Waals surface area contributed by atoms with E-state index in [1.807, 2.05) is 13.0 Å². The molecular formula is C17H21F3N4O3S. The number of benzene rings is 1. The zero-order chi connectivity index (χ0) is 20.7. The van der Waals surface area contributed by atoms with Crippen LogP contribution in [0.5, 0.6) is 0 Å². The molecule has 0 atom stereocenters. The molecule has 1 aromatic heterocycles. The van der Waals surface area contributed by atoms with Gasteiger partial charge in [0.2, 0.25) is 15.8 Å². The predicted octanol–water partition coefficient (Wildman–Crippen LogP) is 2.08. The monoisotopic (exact) mass is 418 g/mol. The molecule has 3 rings (SSSR count). The first kappa shape index (κ1) is 20.6. The van der Waals surface area contributed by atoms with Crippen molar-refractivity contribution >= 4 is 10.0 Å². The van der Waals surface area contributed by atoms with Crippen LogP contribution in [0.1, 0.15) is 35.8 Å². The molecule has 28 heavy (non-hydrogen) atoms. The van der Waals surface area contributed by atoms with Gasteiger partial charge in [-0.25, -0.2) is 22.2 Å². The highest BCUT2D eigenvalue weighted by molar-refractivity contribution is 7.88. The number of hydrogen-bond acceptors (Lipinski definition) is 4. The van der Waals surface area contributed by atoms with Crippen LogP contribution < -0.4 is 5.69 Å². The lowest BCUT2D eigenvalue weighted by molar-refractivity contribution is -0.147. The van der Waals surface area contributed by atoms with Crippen LogP contribution in [0.25, 0.3) is 0 Å². The molecule has 2 heterocycles. The summed E-state index contributed by atoms with van der Waals surface area (Å²) in [6, 6.07) is 6.64. The molecule has 1 aliphatic heterocycles. The summed E-state index contributed by atoms with van der Waals surface area (Å²) in [5.41, 5.74) is 0.785. The van der Waals surface area contributed by atoms with E-state index in [1.165, 1.54) is 4.31 Å². The average Bonchev–Trinajstić information content (AvgIpc) is 2.90. The molecule has 1 aliphatic rings. The largest absolute Gasteiger partial charge is 0.451 e. The smallest absolute Gasteiger partial charge is 0.274 e. The van der Waals surface area contributed by atoms with E-state index in [1.54, 1.807) is 18.2 Å². The van der Waals surface area contributed by atoms with Gasteiger partial charge in [-0.2, -0.15) is 13.2 Å². The number of aryl methyl sites for hydroxylation is 1. The van der Waals surface area contributed by atoms with E-state index < -0.39 is 33.8 Å². The Labute approximate surface area is 160 Å². The zero-order valence-electron chi connectivity index (χ0n) is 15.5. The summed E-state index contributed by atoms with van der Waals surface area (Å²) in [5, 5.41) is 3.44. The Morgan fingerprint density at radius 3 is 2.39 bits per heavy atom. The van der Waals surface area contributed by atoms with Crippen molar-refractivity contribution in [2.45, 2.75) is 37.7 Å². The quantitative estimate of drug-likeness (QED) is 0.762. The molecule has 7 nitrogen and oxygen atoms in total. The maximum Gasteiger partial charge on any atom is 0.451 e. The van der Waals surface area contributed by atoms with Gasteiger partial charge in [-0.1, -0.05) is 29.8 Å². The summed E-state index contributed by atoms with van der Waals surface area (Å²) in [6.07, 6.45) is -4.28. The van der Waals surface area contributed by atoms with Gasteiger partial charge in [0.05, 0.1) is 11.8 Å². The van der Waals surface area contributed by atoms with Crippen molar-refractivity contribution in [3.8, 4) is 0 Å². The summed E-state index contributed by atoms with van der Waals surface area (Å²) in [5.74, 6) is -1.40. The molecular weight excluding hydrogens is 397 g/mol. The predicted molar refractivity (Wildman–Crippen MR) is 96.1 cm³/mol. The Kier molecular flexibility index (Phi) is 5.41. The second-order valence-electron chi connectivity index (χ2n) is 6.98. The van der Waals surface area contributed by atoms with Crippen LogP contribution in [-0.2, 0) is 29.0 Å². The summed E-state index contributed by atoms with van der Waals surface area (Å²) in [6.45, 7) is 2.13. The Bertz CT molecular complexity index is 1020. The normalized spacial score (nSPS) is 17.2. The van der Waals surface area contributed by atoms with E-state index in [-0.39, 0.29) is 31.7 Å². The first-order chi connectivity index (χ1) is 13.0. The molecule has 1 saturated heterocycles. The number of sulfonamides is 1. The van der Waals surface area contributed by atoms with E-state index in [0.29, 0.717) is 10.1 Å². The number of hydrogen-bond donors (Lipinski definition) is 0. The zero-order valence-corrected chi connectivity index (χ0v) is 16.3. The summed E-state index contributed by atoms with van der Waals surface area (Å²) < 4.78 is 66.8. The highest BCUT2D eigenvalue weighted by atomic mass is 32.2. The van der Waals surface area contributed by atoms with Crippen LogP contribution in [-0.4, -0.2) is 40.2 Å². The Balaban J connectivity index is 1.72. The average molecular weight is 418 g/mol. The van der Waals surface area contributed by atoms with Gasteiger partial charge in [0.15, 0.2) is 0 Å². The van der Waals surface area contributed by atoms with Crippen LogP contribution in [0.3, 0.4) is 0 Å². The van der Waals surface area contributed by atoms with E-state index in [2.05, 4.69) is 5.10 Å². The molecule has 0 amide bonds. The topological polar surface area (TPSA) is 77.2 Å². The van der Waals surface area contributed by atoms with Gasteiger partial charge in [-0.05, 0) is 25.3 Å². The first-order valence-corrected chi connectivity index (χ1v) is 10.4. The van der Waals surface area contributed by atoms with E-state index in [0.717, 1.165) is 17.3 Å². The van der Waals surface area contributed by atoms with Crippen LogP contribution in [0.15, 0.2) is 29.1 Å². The fourth-order valence-electron chi connectivity index (χ4n) is 3.41. The number of piperidine rings is 1. The minimum atomic E-state index is -4.73. The molecule has 0 aliphatic carbocycles. The van der Waals surface area contributed by atoms with Crippen LogP contribution >= 0.6 is 0 Å². The van der Waals surface area contributed by atoms with Crippen LogP contribution in [0.4, 0.5) is 13.2 Å². The van der Waals surface area contributed by atoms with Gasteiger partial charge in [-0.3, -0.25) is 4.57 Å². The molecule has 1 aromatic carbocycles. The summed E-state index contributed by atoms with van der Waals surface area (Å²) in [7, 11) is -2.53. The molecule has 1 fully saturated rings. The molecule has 11 heteroatoms. The summed E-state index contributed by atoms with van der Waals surface area (Å²) in [4.78, 5) is 12.1. The van der Waals surface area contributed by atoms with E-state index >= 15 is 0 Å². The van der Waals surface area contributed by atoms with Gasteiger partial charge in [0.25, 0.3) is 0 Å². The number of alkyl halides is 3. The number of rotatable bonds is 4. The minimum absolute atomic E-state index is 0.128. The molecule has 0 N–H and O–H groups in total. The van der Waals surface area contributed by atoms with Gasteiger partial charge in [0.1, 0.15) is 0 Å². The third-order valence-corrected chi connectivity index (χ3v) is 6.70. The molecule has 0 spiro atoms. The molecule has 0 saturated carbocycles. The Hall–Kier alpha value is -2.14. The number of aromatic nitrogens is 3. The molecule has 0 unspecified atom stereocenters. The minimum Gasteiger partial charge on any atom is -0.274 e. The van der Waals surface area contributed by atoms with Crippen molar-refractivity contribution < 1.29 is 21.6 Å². The standard InChI is InChI=1S/C17H21F3N4O3S/c1-12-4-3-5-13(10-12)11-28(26,27)23-8-6-14(7-9-23)24-16(25)22(2)15(21-24)17(18,19)20/h3-5,10,14H,6-9,11H2,1-2H3. The maximum atomic E-state index is 12.9. The van der Waals surface area contributed by atoms with Crippen molar-refractivity contribution in [3.63, 3.8) is 0 Å².